The number of aryl methyl sites for hydroxylation is 1. The highest BCUT2D eigenvalue weighted by Crippen LogP contribution is 2.32. The third-order valence-electron chi connectivity index (χ3n) is 6.43. The molecule has 0 bridgehead atoms. The van der Waals surface area contributed by atoms with Crippen molar-refractivity contribution in [1.82, 2.24) is 24.9 Å². The number of carbonyl (C=O) groups excluding carboxylic acids is 2. The van der Waals surface area contributed by atoms with Gasteiger partial charge in [0.05, 0.1) is 0 Å². The summed E-state index contributed by atoms with van der Waals surface area (Å²) in [5.74, 6) is 0.547. The van der Waals surface area contributed by atoms with Gasteiger partial charge in [0.15, 0.2) is 0 Å². The van der Waals surface area contributed by atoms with E-state index in [1.54, 1.807) is 16.9 Å². The number of amides is 2. The van der Waals surface area contributed by atoms with Gasteiger partial charge in [0, 0.05) is 70.6 Å². The summed E-state index contributed by atoms with van der Waals surface area (Å²) in [7, 11) is 1.81. The fourth-order valence-corrected chi connectivity index (χ4v) is 4.61. The van der Waals surface area contributed by atoms with E-state index in [4.69, 9.17) is 4.74 Å². The molecule has 0 atom stereocenters. The monoisotopic (exact) mass is 403 g/mol. The van der Waals surface area contributed by atoms with E-state index in [0.717, 1.165) is 71.4 Å². The minimum Gasteiger partial charge on any atom is -0.381 e. The molecule has 3 aliphatic rings. The van der Waals surface area contributed by atoms with E-state index >= 15 is 0 Å². The first kappa shape index (κ1) is 20.3. The summed E-state index contributed by atoms with van der Waals surface area (Å²) < 4.78 is 7.20. The summed E-state index contributed by atoms with van der Waals surface area (Å²) in [4.78, 5) is 29.3. The molecule has 2 saturated heterocycles. The maximum Gasteiger partial charge on any atom is 0.271 e. The molecule has 2 aliphatic heterocycles. The number of nitrogens with zero attached hydrogens (tertiary/aromatic N) is 4. The molecule has 29 heavy (non-hydrogen) atoms. The third-order valence-corrected chi connectivity index (χ3v) is 6.43. The van der Waals surface area contributed by atoms with Crippen molar-refractivity contribution < 1.29 is 14.3 Å². The molecule has 160 valence electrons. The Morgan fingerprint density at radius 2 is 1.83 bits per heavy atom. The topological polar surface area (TPSA) is 79.7 Å². The van der Waals surface area contributed by atoms with Gasteiger partial charge in [-0.05, 0) is 44.6 Å². The molecule has 1 saturated carbocycles. The average molecular weight is 404 g/mol. The lowest BCUT2D eigenvalue weighted by atomic mass is 9.97. The normalized spacial score (nSPS) is 21.5. The van der Waals surface area contributed by atoms with E-state index in [9.17, 15) is 9.59 Å². The van der Waals surface area contributed by atoms with Crippen LogP contribution in [0.4, 0.5) is 0 Å². The number of nitrogens with one attached hydrogen (secondary N) is 1. The lowest BCUT2D eigenvalue weighted by Gasteiger charge is -2.43. The zero-order chi connectivity index (χ0) is 20.2. The van der Waals surface area contributed by atoms with Crippen molar-refractivity contribution in [3.63, 3.8) is 0 Å². The lowest BCUT2D eigenvalue weighted by molar-refractivity contribution is -0.134. The molecular weight excluding hydrogens is 370 g/mol. The van der Waals surface area contributed by atoms with Crippen LogP contribution in [-0.4, -0.2) is 82.9 Å². The van der Waals surface area contributed by atoms with Crippen LogP contribution in [0.15, 0.2) is 12.3 Å². The molecule has 4 rings (SSSR count). The summed E-state index contributed by atoms with van der Waals surface area (Å²) in [5, 5.41) is 7.19. The minimum absolute atomic E-state index is 0.123. The van der Waals surface area contributed by atoms with Crippen LogP contribution in [0.2, 0.25) is 0 Å². The molecule has 8 nitrogen and oxygen atoms in total. The van der Waals surface area contributed by atoms with Crippen molar-refractivity contribution >= 4 is 11.8 Å². The predicted octanol–water partition coefficient (Wildman–Crippen LogP) is 1.03. The first-order valence-corrected chi connectivity index (χ1v) is 11.0. The van der Waals surface area contributed by atoms with Crippen LogP contribution in [-0.2, 0) is 16.6 Å². The van der Waals surface area contributed by atoms with E-state index in [1.165, 1.54) is 0 Å². The summed E-state index contributed by atoms with van der Waals surface area (Å²) >= 11 is 0. The van der Waals surface area contributed by atoms with Crippen molar-refractivity contribution in [2.24, 2.45) is 13.0 Å². The quantitative estimate of drug-likeness (QED) is 0.736. The maximum atomic E-state index is 12.4. The number of hydrogen-bond donors (Lipinski definition) is 1. The first-order valence-electron chi connectivity index (χ1n) is 11.0. The predicted molar refractivity (Wildman–Crippen MR) is 108 cm³/mol. The van der Waals surface area contributed by atoms with E-state index in [-0.39, 0.29) is 5.91 Å². The second-order valence-electron chi connectivity index (χ2n) is 8.54. The maximum absolute atomic E-state index is 12.4. The molecule has 1 aliphatic carbocycles. The van der Waals surface area contributed by atoms with Gasteiger partial charge in [-0.2, -0.15) is 5.10 Å². The van der Waals surface area contributed by atoms with Gasteiger partial charge in [0.2, 0.25) is 5.91 Å². The molecule has 0 radical (unpaired) electrons. The van der Waals surface area contributed by atoms with Gasteiger partial charge in [-0.25, -0.2) is 0 Å². The molecule has 3 fully saturated rings. The largest absolute Gasteiger partial charge is 0.381 e. The summed E-state index contributed by atoms with van der Waals surface area (Å²) in [5.41, 5.74) is 0.456. The highest BCUT2D eigenvalue weighted by Gasteiger charge is 2.37. The Kier molecular flexibility index (Phi) is 6.50. The van der Waals surface area contributed by atoms with E-state index < -0.39 is 0 Å². The second kappa shape index (κ2) is 9.26. The Morgan fingerprint density at radius 1 is 1.14 bits per heavy atom. The van der Waals surface area contributed by atoms with Crippen LogP contribution in [0.1, 0.15) is 49.0 Å². The molecule has 3 heterocycles. The highest BCUT2D eigenvalue weighted by atomic mass is 16.5. The van der Waals surface area contributed by atoms with Crippen LogP contribution in [0.5, 0.6) is 0 Å². The van der Waals surface area contributed by atoms with Gasteiger partial charge in [-0.15, -0.1) is 0 Å². The van der Waals surface area contributed by atoms with Gasteiger partial charge < -0.3 is 15.0 Å². The zero-order valence-corrected chi connectivity index (χ0v) is 17.4. The van der Waals surface area contributed by atoms with Crippen LogP contribution < -0.4 is 5.32 Å². The van der Waals surface area contributed by atoms with Crippen LogP contribution in [0.25, 0.3) is 0 Å². The molecule has 1 N–H and O–H groups in total. The van der Waals surface area contributed by atoms with Gasteiger partial charge in [-0.3, -0.25) is 19.2 Å². The molecule has 0 spiro atoms. The molecule has 0 aromatic carbocycles. The lowest BCUT2D eigenvalue weighted by Crippen LogP contribution is -2.53. The van der Waals surface area contributed by atoms with E-state index in [1.807, 2.05) is 7.05 Å². The van der Waals surface area contributed by atoms with Crippen molar-refractivity contribution in [3.8, 4) is 0 Å². The Hall–Kier alpha value is -1.93. The van der Waals surface area contributed by atoms with Gasteiger partial charge in [0.1, 0.15) is 5.69 Å². The third kappa shape index (κ3) is 5.17. The van der Waals surface area contributed by atoms with Crippen LogP contribution >= 0.6 is 0 Å². The second-order valence-corrected chi connectivity index (χ2v) is 8.54. The molecule has 2 amide bonds. The molecular formula is C21H33N5O3. The minimum atomic E-state index is -0.123. The van der Waals surface area contributed by atoms with Crippen molar-refractivity contribution in [1.29, 1.82) is 0 Å². The molecule has 0 unspecified atom stereocenters. The molecule has 1 aromatic rings. The fourth-order valence-electron chi connectivity index (χ4n) is 4.61. The molecule has 8 heteroatoms. The standard InChI is InChI=1S/C21H33N5O3/c1-24-10-6-19(23-24)20(27)22-9-13-26(18-7-14-29-15-8-18)17-4-11-25(12-5-17)21(28)16-2-3-16/h6,10,16-18H,2-5,7-9,11-15H2,1H3,(H,22,27). The SMILES string of the molecule is Cn1ccc(C(=O)NCCN(C2CCOCC2)C2CCN(C(=O)C3CC3)CC2)n1. The number of rotatable bonds is 7. The van der Waals surface area contributed by atoms with E-state index in [2.05, 4.69) is 20.2 Å². The average Bonchev–Trinajstić information content (AvgIpc) is 3.51. The number of ether oxygens (including phenoxy) is 1. The van der Waals surface area contributed by atoms with E-state index in [0.29, 0.717) is 36.1 Å². The smallest absolute Gasteiger partial charge is 0.271 e. The Morgan fingerprint density at radius 3 is 2.45 bits per heavy atom. The van der Waals surface area contributed by atoms with Gasteiger partial charge >= 0.3 is 0 Å². The summed E-state index contributed by atoms with van der Waals surface area (Å²) in [6.07, 6.45) is 8.03. The molecule has 1 aromatic heterocycles. The number of hydrogen-bond acceptors (Lipinski definition) is 5. The van der Waals surface area contributed by atoms with Crippen LogP contribution in [0, 0.1) is 5.92 Å². The van der Waals surface area contributed by atoms with Gasteiger partial charge in [0.25, 0.3) is 5.91 Å². The van der Waals surface area contributed by atoms with Crippen LogP contribution in [0.3, 0.4) is 0 Å². The highest BCUT2D eigenvalue weighted by molar-refractivity contribution is 5.92. The van der Waals surface area contributed by atoms with Crippen molar-refractivity contribution in [2.75, 3.05) is 39.4 Å². The van der Waals surface area contributed by atoms with Gasteiger partial charge in [-0.1, -0.05) is 0 Å². The zero-order valence-electron chi connectivity index (χ0n) is 17.4. The summed E-state index contributed by atoms with van der Waals surface area (Å²) in [6, 6.07) is 2.69. The van der Waals surface area contributed by atoms with Crippen molar-refractivity contribution in [3.05, 3.63) is 18.0 Å². The first-order chi connectivity index (χ1) is 14.1. The number of likely N-dealkylation sites (tertiary alicyclic amines) is 1. The van der Waals surface area contributed by atoms with Crippen molar-refractivity contribution in [2.45, 2.75) is 50.6 Å². The summed E-state index contributed by atoms with van der Waals surface area (Å²) in [6.45, 7) is 4.76. The Balaban J connectivity index is 1.31. The number of carbonyl (C=O) groups is 2. The Labute approximate surface area is 172 Å². The fraction of sp³-hybridized carbons (Fsp3) is 0.762. The Bertz CT molecular complexity index is 703. The number of aromatic nitrogens is 2. The number of piperidine rings is 1.